The van der Waals surface area contributed by atoms with Crippen LogP contribution >= 0.6 is 11.3 Å². The van der Waals surface area contributed by atoms with Gasteiger partial charge in [-0.3, -0.25) is 14.4 Å². The van der Waals surface area contributed by atoms with E-state index >= 15 is 0 Å². The molecule has 0 radical (unpaired) electrons. The van der Waals surface area contributed by atoms with E-state index in [9.17, 15) is 23.2 Å². The average molecular weight is 381 g/mol. The molecule has 5 nitrogen and oxygen atoms in total. The number of ether oxygens (including phenoxy) is 1. The molecule has 26 heavy (non-hydrogen) atoms. The van der Waals surface area contributed by atoms with E-state index in [1.807, 2.05) is 19.2 Å². The van der Waals surface area contributed by atoms with Gasteiger partial charge in [-0.2, -0.15) is 0 Å². The van der Waals surface area contributed by atoms with Crippen LogP contribution in [-0.2, 0) is 14.3 Å². The number of para-hydroxylation sites is 1. The number of amides is 1. The van der Waals surface area contributed by atoms with Crippen LogP contribution in [-0.4, -0.2) is 24.3 Å². The third-order valence-electron chi connectivity index (χ3n) is 3.49. The SMILES string of the molecule is Cc1cc(C(=O)CCC(=O)OCC(=O)Nc2c(F)cccc2F)c(C)s1. The number of thiophene rings is 1. The maximum absolute atomic E-state index is 13.4. The molecule has 0 saturated carbocycles. The standard InChI is InChI=1S/C18H17F2NO4S/c1-10-8-12(11(2)26-10)15(22)6-7-17(24)25-9-16(23)21-18-13(19)4-3-5-14(18)20/h3-5,8H,6-7,9H2,1-2H3,(H,21,23). The summed E-state index contributed by atoms with van der Waals surface area (Å²) in [4.78, 5) is 37.3. The second-order valence-corrected chi connectivity index (χ2v) is 7.02. The Kier molecular flexibility index (Phi) is 6.57. The summed E-state index contributed by atoms with van der Waals surface area (Å²) in [5, 5.41) is 2.00. The Balaban J connectivity index is 1.79. The monoisotopic (exact) mass is 381 g/mol. The number of Topliss-reactive ketones (excluding diaryl/α,β-unsaturated/α-hetero) is 1. The molecular weight excluding hydrogens is 364 g/mol. The van der Waals surface area contributed by atoms with Gasteiger partial charge in [0.1, 0.15) is 17.3 Å². The highest BCUT2D eigenvalue weighted by Gasteiger charge is 2.16. The number of esters is 1. The third-order valence-corrected chi connectivity index (χ3v) is 4.45. The quantitative estimate of drug-likeness (QED) is 0.585. The second kappa shape index (κ2) is 8.66. The lowest BCUT2D eigenvalue weighted by Crippen LogP contribution is -2.22. The van der Waals surface area contributed by atoms with Gasteiger partial charge in [-0.05, 0) is 32.0 Å². The molecule has 0 aliphatic rings. The lowest BCUT2D eigenvalue weighted by molar-refractivity contribution is -0.147. The van der Waals surface area contributed by atoms with Gasteiger partial charge < -0.3 is 10.1 Å². The Bertz CT molecular complexity index is 827. The van der Waals surface area contributed by atoms with E-state index in [2.05, 4.69) is 0 Å². The van der Waals surface area contributed by atoms with Crippen LogP contribution in [0.25, 0.3) is 0 Å². The third kappa shape index (κ3) is 5.19. The molecule has 1 heterocycles. The highest BCUT2D eigenvalue weighted by molar-refractivity contribution is 7.12. The van der Waals surface area contributed by atoms with Gasteiger partial charge in [0.25, 0.3) is 5.91 Å². The number of nitrogens with one attached hydrogen (secondary N) is 1. The number of rotatable bonds is 7. The number of ketones is 1. The summed E-state index contributed by atoms with van der Waals surface area (Å²) in [5.41, 5.74) is -0.0277. The number of hydrogen-bond acceptors (Lipinski definition) is 5. The zero-order valence-corrected chi connectivity index (χ0v) is 15.0. The van der Waals surface area contributed by atoms with Crippen LogP contribution < -0.4 is 5.32 Å². The van der Waals surface area contributed by atoms with Gasteiger partial charge in [0.2, 0.25) is 0 Å². The largest absolute Gasteiger partial charge is 0.456 e. The van der Waals surface area contributed by atoms with E-state index in [0.29, 0.717) is 5.56 Å². The summed E-state index contributed by atoms with van der Waals surface area (Å²) in [5.74, 6) is -3.67. The molecule has 0 aliphatic heterocycles. The molecule has 138 valence electrons. The summed E-state index contributed by atoms with van der Waals surface area (Å²) < 4.78 is 31.6. The second-order valence-electron chi connectivity index (χ2n) is 5.56. The fourth-order valence-corrected chi connectivity index (χ4v) is 3.21. The Morgan fingerprint density at radius 1 is 1.12 bits per heavy atom. The van der Waals surface area contributed by atoms with Gasteiger partial charge in [0.15, 0.2) is 12.4 Å². The van der Waals surface area contributed by atoms with Crippen LogP contribution in [0.5, 0.6) is 0 Å². The van der Waals surface area contributed by atoms with Crippen LogP contribution in [0.3, 0.4) is 0 Å². The van der Waals surface area contributed by atoms with Crippen LogP contribution in [0.15, 0.2) is 24.3 Å². The summed E-state index contributed by atoms with van der Waals surface area (Å²) in [6.45, 7) is 3.02. The molecule has 0 unspecified atom stereocenters. The summed E-state index contributed by atoms with van der Waals surface area (Å²) in [6, 6.07) is 4.91. The molecule has 0 bridgehead atoms. The number of carbonyl (C=O) groups is 3. The topological polar surface area (TPSA) is 72.5 Å². The van der Waals surface area contributed by atoms with Crippen molar-refractivity contribution in [1.82, 2.24) is 0 Å². The first-order chi connectivity index (χ1) is 12.3. The fourth-order valence-electron chi connectivity index (χ4n) is 2.27. The first-order valence-corrected chi connectivity index (χ1v) is 8.59. The lowest BCUT2D eigenvalue weighted by Gasteiger charge is -2.08. The number of aryl methyl sites for hydroxylation is 2. The minimum Gasteiger partial charge on any atom is -0.456 e. The van der Waals surface area contributed by atoms with Gasteiger partial charge in [0, 0.05) is 21.7 Å². The molecule has 0 saturated heterocycles. The van der Waals surface area contributed by atoms with Gasteiger partial charge in [-0.15, -0.1) is 11.3 Å². The molecule has 0 aliphatic carbocycles. The fraction of sp³-hybridized carbons (Fsp3) is 0.278. The molecule has 1 aromatic carbocycles. The Morgan fingerprint density at radius 2 is 1.77 bits per heavy atom. The van der Waals surface area contributed by atoms with Crippen molar-refractivity contribution >= 4 is 34.7 Å². The number of halogens is 2. The van der Waals surface area contributed by atoms with Crippen LogP contribution in [0.2, 0.25) is 0 Å². The Hall–Kier alpha value is -2.61. The molecule has 8 heteroatoms. The summed E-state index contributed by atoms with van der Waals surface area (Å²) in [6.07, 6.45) is -0.228. The molecular formula is C18H17F2NO4S. The maximum atomic E-state index is 13.4. The minimum absolute atomic E-state index is 0.0423. The number of carbonyl (C=O) groups excluding carboxylic acids is 3. The molecule has 0 fully saturated rings. The molecule has 1 N–H and O–H groups in total. The van der Waals surface area contributed by atoms with Crippen LogP contribution in [0.1, 0.15) is 33.0 Å². The van der Waals surface area contributed by atoms with Crippen molar-refractivity contribution in [2.75, 3.05) is 11.9 Å². The molecule has 0 atom stereocenters. The van der Waals surface area contributed by atoms with E-state index in [1.54, 1.807) is 6.07 Å². The predicted molar refractivity (Wildman–Crippen MR) is 93.3 cm³/mol. The maximum Gasteiger partial charge on any atom is 0.306 e. The van der Waals surface area contributed by atoms with Crippen LogP contribution in [0.4, 0.5) is 14.5 Å². The summed E-state index contributed by atoms with van der Waals surface area (Å²) >= 11 is 1.50. The molecule has 2 aromatic rings. The highest BCUT2D eigenvalue weighted by Crippen LogP contribution is 2.22. The zero-order valence-electron chi connectivity index (χ0n) is 14.2. The van der Waals surface area contributed by atoms with E-state index in [-0.39, 0.29) is 18.6 Å². The predicted octanol–water partition coefficient (Wildman–Crippen LogP) is 3.79. The highest BCUT2D eigenvalue weighted by atomic mass is 32.1. The zero-order chi connectivity index (χ0) is 19.3. The van der Waals surface area contributed by atoms with E-state index < -0.39 is 35.8 Å². The van der Waals surface area contributed by atoms with Gasteiger partial charge in [0.05, 0.1) is 6.42 Å². The number of anilines is 1. The smallest absolute Gasteiger partial charge is 0.306 e. The van der Waals surface area contributed by atoms with Crippen molar-refractivity contribution in [3.8, 4) is 0 Å². The first-order valence-electron chi connectivity index (χ1n) is 7.77. The first kappa shape index (κ1) is 19.7. The van der Waals surface area contributed by atoms with Gasteiger partial charge in [-0.25, -0.2) is 8.78 Å². The van der Waals surface area contributed by atoms with Crippen molar-refractivity contribution in [3.63, 3.8) is 0 Å². The van der Waals surface area contributed by atoms with E-state index in [1.165, 1.54) is 11.3 Å². The van der Waals surface area contributed by atoms with Crippen LogP contribution in [0, 0.1) is 25.5 Å². The molecule has 0 spiro atoms. The van der Waals surface area contributed by atoms with Crippen molar-refractivity contribution < 1.29 is 27.9 Å². The minimum atomic E-state index is -0.934. The van der Waals surface area contributed by atoms with Crippen molar-refractivity contribution in [1.29, 1.82) is 0 Å². The number of hydrogen-bond donors (Lipinski definition) is 1. The van der Waals surface area contributed by atoms with Crippen molar-refractivity contribution in [2.24, 2.45) is 0 Å². The van der Waals surface area contributed by atoms with Gasteiger partial charge in [-0.1, -0.05) is 6.07 Å². The van der Waals surface area contributed by atoms with E-state index in [4.69, 9.17) is 4.74 Å². The lowest BCUT2D eigenvalue weighted by atomic mass is 10.1. The Morgan fingerprint density at radius 3 is 2.35 bits per heavy atom. The Labute approximate surface area is 153 Å². The molecule has 1 amide bonds. The van der Waals surface area contributed by atoms with E-state index in [0.717, 1.165) is 28.0 Å². The molecule has 2 rings (SSSR count). The average Bonchev–Trinajstić information content (AvgIpc) is 2.92. The van der Waals surface area contributed by atoms with Crippen molar-refractivity contribution in [2.45, 2.75) is 26.7 Å². The number of benzene rings is 1. The van der Waals surface area contributed by atoms with Gasteiger partial charge >= 0.3 is 5.97 Å². The normalized spacial score (nSPS) is 10.5. The molecule has 1 aromatic heterocycles. The van der Waals surface area contributed by atoms with Crippen molar-refractivity contribution in [3.05, 3.63) is 51.2 Å². The summed E-state index contributed by atoms with van der Waals surface area (Å²) in [7, 11) is 0.